The summed E-state index contributed by atoms with van der Waals surface area (Å²) in [6, 6.07) is 4.02. The van der Waals surface area contributed by atoms with Gasteiger partial charge in [0.2, 0.25) is 9.84 Å². The van der Waals surface area contributed by atoms with E-state index in [9.17, 15) is 26.8 Å². The Morgan fingerprint density at radius 3 is 2.07 bits per heavy atom. The molecule has 0 radical (unpaired) electrons. The molecule has 1 amide bonds. The van der Waals surface area contributed by atoms with Crippen molar-refractivity contribution in [3.8, 4) is 0 Å². The van der Waals surface area contributed by atoms with Crippen LogP contribution in [0.15, 0.2) is 29.2 Å². The molecule has 9 heteroatoms. The number of ether oxygens (including phenoxy) is 1. The molecule has 4 aliphatic rings. The maximum Gasteiger partial charge on any atom is 0.341 e. The zero-order chi connectivity index (χ0) is 21.5. The summed E-state index contributed by atoms with van der Waals surface area (Å²) in [4.78, 5) is 23.7. The van der Waals surface area contributed by atoms with Crippen LogP contribution < -0.4 is 5.32 Å². The van der Waals surface area contributed by atoms with Gasteiger partial charge in [0.25, 0.3) is 5.91 Å². The highest BCUT2D eigenvalue weighted by Gasteiger charge is 2.50. The van der Waals surface area contributed by atoms with Crippen LogP contribution in [0.2, 0.25) is 0 Å². The Balaban J connectivity index is 1.26. The summed E-state index contributed by atoms with van der Waals surface area (Å²) in [5, 5.41) is 2.91. The summed E-state index contributed by atoms with van der Waals surface area (Å²) in [7, 11) is -4.72. The molecule has 6 nitrogen and oxygen atoms in total. The van der Waals surface area contributed by atoms with Crippen LogP contribution in [0.5, 0.6) is 0 Å². The van der Waals surface area contributed by atoms with Crippen molar-refractivity contribution in [1.82, 2.24) is 5.32 Å². The number of rotatable bonds is 7. The molecular weight excluding hydrogens is 416 g/mol. The molecule has 0 unspecified atom stereocenters. The topological polar surface area (TPSA) is 89.5 Å². The lowest BCUT2D eigenvalue weighted by Crippen LogP contribution is -2.51. The van der Waals surface area contributed by atoms with Crippen LogP contribution in [0.4, 0.5) is 8.78 Å². The minimum absolute atomic E-state index is 0.0166. The van der Waals surface area contributed by atoms with Gasteiger partial charge in [-0.25, -0.2) is 13.2 Å². The van der Waals surface area contributed by atoms with Crippen LogP contribution in [0.25, 0.3) is 0 Å². The molecule has 164 valence electrons. The maximum absolute atomic E-state index is 12.6. The van der Waals surface area contributed by atoms with E-state index in [0.29, 0.717) is 6.54 Å². The van der Waals surface area contributed by atoms with E-state index in [1.807, 2.05) is 0 Å². The summed E-state index contributed by atoms with van der Waals surface area (Å²) in [6.45, 7) is 0.162. The fraction of sp³-hybridized carbons (Fsp3) is 0.619. The minimum Gasteiger partial charge on any atom is -0.452 e. The van der Waals surface area contributed by atoms with Crippen LogP contribution in [0, 0.1) is 23.2 Å². The number of carbonyl (C=O) groups excluding carboxylic acids is 2. The number of sulfone groups is 1. The standard InChI is InChI=1S/C21H25F2NO5S/c22-20(23)30(27,28)17-3-1-16(2-4-17)19(26)29-11-18(25)24-12-21-8-13-5-14(9-21)7-15(6-13)10-21/h1-4,13-15,20H,5-12H2,(H,24,25). The number of hydrogen-bond donors (Lipinski definition) is 1. The summed E-state index contributed by atoms with van der Waals surface area (Å²) >= 11 is 0. The summed E-state index contributed by atoms with van der Waals surface area (Å²) in [5.41, 5.74) is 0.164. The fourth-order valence-electron chi connectivity index (χ4n) is 5.94. The number of alkyl halides is 2. The Hall–Kier alpha value is -2.03. The van der Waals surface area contributed by atoms with Gasteiger partial charge in [-0.05, 0) is 86.0 Å². The van der Waals surface area contributed by atoms with E-state index in [2.05, 4.69) is 5.32 Å². The summed E-state index contributed by atoms with van der Waals surface area (Å²) < 4.78 is 52.9. The minimum atomic E-state index is -4.72. The molecule has 1 N–H and O–H groups in total. The first-order chi connectivity index (χ1) is 14.2. The molecule has 1 aromatic rings. The van der Waals surface area contributed by atoms with Crippen LogP contribution in [-0.2, 0) is 19.4 Å². The number of amides is 1. The van der Waals surface area contributed by atoms with E-state index in [0.717, 1.165) is 61.3 Å². The molecule has 0 aliphatic heterocycles. The third kappa shape index (κ3) is 4.22. The predicted octanol–water partition coefficient (Wildman–Crippen LogP) is 3.17. The van der Waals surface area contributed by atoms with Crippen LogP contribution in [-0.4, -0.2) is 39.2 Å². The SMILES string of the molecule is O=C(COC(=O)c1ccc(S(=O)(=O)C(F)F)cc1)NCC12CC3CC(CC(C3)C1)C2. The third-order valence-electron chi connectivity index (χ3n) is 6.81. The number of hydrogen-bond acceptors (Lipinski definition) is 5. The molecular formula is C21H25F2NO5S. The first-order valence-electron chi connectivity index (χ1n) is 10.2. The van der Waals surface area contributed by atoms with Crippen molar-refractivity contribution in [3.05, 3.63) is 29.8 Å². The Morgan fingerprint density at radius 2 is 1.57 bits per heavy atom. The second-order valence-corrected chi connectivity index (χ2v) is 11.0. The third-order valence-corrected chi connectivity index (χ3v) is 8.21. The largest absolute Gasteiger partial charge is 0.452 e. The highest BCUT2D eigenvalue weighted by Crippen LogP contribution is 2.59. The second-order valence-electron chi connectivity index (χ2n) is 9.10. The number of nitrogens with one attached hydrogen (secondary N) is 1. The molecule has 4 bridgehead atoms. The van der Waals surface area contributed by atoms with Gasteiger partial charge < -0.3 is 10.1 Å². The van der Waals surface area contributed by atoms with Gasteiger partial charge in [0, 0.05) is 6.54 Å². The molecule has 4 saturated carbocycles. The van der Waals surface area contributed by atoms with Crippen molar-refractivity contribution in [2.45, 2.75) is 49.2 Å². The van der Waals surface area contributed by atoms with Crippen molar-refractivity contribution in [1.29, 1.82) is 0 Å². The van der Waals surface area contributed by atoms with Crippen molar-refractivity contribution in [2.75, 3.05) is 13.2 Å². The Kier molecular flexibility index (Phi) is 5.59. The molecule has 5 rings (SSSR count). The lowest BCUT2D eigenvalue weighted by Gasteiger charge is -2.56. The van der Waals surface area contributed by atoms with Crippen molar-refractivity contribution in [3.63, 3.8) is 0 Å². The van der Waals surface area contributed by atoms with Gasteiger partial charge in [0.15, 0.2) is 6.61 Å². The molecule has 1 aromatic carbocycles. The van der Waals surface area contributed by atoms with Gasteiger partial charge in [-0.1, -0.05) is 0 Å². The molecule has 4 fully saturated rings. The fourth-order valence-corrected chi connectivity index (χ4v) is 6.66. The number of esters is 1. The first-order valence-corrected chi connectivity index (χ1v) is 11.8. The maximum atomic E-state index is 12.6. The average Bonchev–Trinajstić information content (AvgIpc) is 2.69. The zero-order valence-corrected chi connectivity index (χ0v) is 17.3. The quantitative estimate of drug-likeness (QED) is 0.657. The van der Waals surface area contributed by atoms with Crippen LogP contribution in [0.1, 0.15) is 48.9 Å². The number of benzene rings is 1. The Labute approximate surface area is 174 Å². The molecule has 30 heavy (non-hydrogen) atoms. The Morgan fingerprint density at radius 1 is 1.03 bits per heavy atom. The van der Waals surface area contributed by atoms with E-state index < -0.39 is 33.1 Å². The van der Waals surface area contributed by atoms with Crippen molar-refractivity contribution < 1.29 is 31.5 Å². The second kappa shape index (κ2) is 7.90. The van der Waals surface area contributed by atoms with E-state index in [1.165, 1.54) is 19.3 Å². The van der Waals surface area contributed by atoms with E-state index >= 15 is 0 Å². The first kappa shape index (κ1) is 21.2. The van der Waals surface area contributed by atoms with Gasteiger partial charge in [-0.3, -0.25) is 4.79 Å². The zero-order valence-electron chi connectivity index (χ0n) is 16.5. The highest BCUT2D eigenvalue weighted by atomic mass is 32.2. The number of halogens is 2. The molecule has 0 saturated heterocycles. The highest BCUT2D eigenvalue weighted by molar-refractivity contribution is 7.91. The van der Waals surface area contributed by atoms with Gasteiger partial charge in [0.05, 0.1) is 10.5 Å². The van der Waals surface area contributed by atoms with Gasteiger partial charge in [0.1, 0.15) is 0 Å². The summed E-state index contributed by atoms with van der Waals surface area (Å²) in [5.74, 6) is -2.39. The van der Waals surface area contributed by atoms with Crippen molar-refractivity contribution in [2.24, 2.45) is 23.2 Å². The molecule has 0 heterocycles. The van der Waals surface area contributed by atoms with Gasteiger partial charge in [-0.15, -0.1) is 0 Å². The molecule has 0 aromatic heterocycles. The number of carbonyl (C=O) groups is 2. The van der Waals surface area contributed by atoms with Crippen LogP contribution >= 0.6 is 0 Å². The molecule has 0 atom stereocenters. The normalized spacial score (nSPS) is 29.8. The van der Waals surface area contributed by atoms with E-state index in [-0.39, 0.29) is 16.9 Å². The molecule has 4 aliphatic carbocycles. The van der Waals surface area contributed by atoms with Crippen LogP contribution in [0.3, 0.4) is 0 Å². The smallest absolute Gasteiger partial charge is 0.341 e. The predicted molar refractivity (Wildman–Crippen MR) is 104 cm³/mol. The molecule has 0 spiro atoms. The van der Waals surface area contributed by atoms with Gasteiger partial charge >= 0.3 is 11.7 Å². The Bertz CT molecular complexity index is 894. The summed E-state index contributed by atoms with van der Waals surface area (Å²) in [6.07, 6.45) is 7.44. The van der Waals surface area contributed by atoms with Crippen molar-refractivity contribution >= 4 is 21.7 Å². The monoisotopic (exact) mass is 441 g/mol. The lowest BCUT2D eigenvalue weighted by atomic mass is 9.49. The average molecular weight is 441 g/mol. The lowest BCUT2D eigenvalue weighted by molar-refractivity contribution is -0.126. The van der Waals surface area contributed by atoms with Gasteiger partial charge in [-0.2, -0.15) is 8.78 Å². The van der Waals surface area contributed by atoms with E-state index in [1.54, 1.807) is 0 Å². The van der Waals surface area contributed by atoms with E-state index in [4.69, 9.17) is 4.74 Å².